The van der Waals surface area contributed by atoms with E-state index in [1.165, 1.54) is 35.4 Å². The summed E-state index contributed by atoms with van der Waals surface area (Å²) in [4.78, 5) is 27.3. The minimum atomic E-state index is -0.361. The van der Waals surface area contributed by atoms with Gasteiger partial charge in [-0.05, 0) is 67.5 Å². The maximum Gasteiger partial charge on any atom is 0.253 e. The summed E-state index contributed by atoms with van der Waals surface area (Å²) in [5.74, 6) is -0.675. The second kappa shape index (κ2) is 8.13. The molecule has 2 aromatic rings. The molecule has 5 heteroatoms. The number of halogens is 1. The van der Waals surface area contributed by atoms with Gasteiger partial charge in [0.2, 0.25) is 5.91 Å². The maximum atomic E-state index is 13.1. The molecule has 0 saturated carbocycles. The summed E-state index contributed by atoms with van der Waals surface area (Å²) in [5, 5.41) is 3.23. The first-order valence-corrected chi connectivity index (χ1v) is 10.0. The molecule has 0 radical (unpaired) electrons. The van der Waals surface area contributed by atoms with Gasteiger partial charge in [-0.1, -0.05) is 24.3 Å². The molecule has 1 saturated heterocycles. The number of piperidine rings is 1. The molecule has 0 spiro atoms. The monoisotopic (exact) mass is 380 g/mol. The van der Waals surface area contributed by atoms with Gasteiger partial charge in [0.25, 0.3) is 5.91 Å². The van der Waals surface area contributed by atoms with E-state index in [0.29, 0.717) is 18.7 Å². The highest BCUT2D eigenvalue weighted by Gasteiger charge is 2.31. The number of aryl methyl sites for hydroxylation is 1. The zero-order valence-electron chi connectivity index (χ0n) is 15.9. The van der Waals surface area contributed by atoms with Gasteiger partial charge in [-0.2, -0.15) is 0 Å². The van der Waals surface area contributed by atoms with Gasteiger partial charge in [0, 0.05) is 18.7 Å². The fraction of sp³-hybridized carbons (Fsp3) is 0.391. The van der Waals surface area contributed by atoms with E-state index >= 15 is 0 Å². The van der Waals surface area contributed by atoms with Gasteiger partial charge in [0.15, 0.2) is 0 Å². The molecule has 146 valence electrons. The molecule has 1 aliphatic heterocycles. The minimum absolute atomic E-state index is 0.0262. The number of hydrogen-bond donors (Lipinski definition) is 1. The zero-order valence-corrected chi connectivity index (χ0v) is 15.9. The van der Waals surface area contributed by atoms with Crippen LogP contribution in [0.25, 0.3) is 0 Å². The van der Waals surface area contributed by atoms with Gasteiger partial charge in [-0.25, -0.2) is 4.39 Å². The zero-order chi connectivity index (χ0) is 19.5. The normalized spacial score (nSPS) is 21.7. The Morgan fingerprint density at radius 1 is 1.00 bits per heavy atom. The average molecular weight is 380 g/mol. The number of likely N-dealkylation sites (tertiary alicyclic amines) is 1. The Kier molecular flexibility index (Phi) is 5.42. The van der Waals surface area contributed by atoms with E-state index in [-0.39, 0.29) is 29.6 Å². The maximum absolute atomic E-state index is 13.1. The number of benzene rings is 2. The van der Waals surface area contributed by atoms with Crippen molar-refractivity contribution in [2.75, 3.05) is 13.1 Å². The molecule has 0 bridgehead atoms. The molecule has 1 heterocycles. The molecule has 2 amide bonds. The molecule has 0 aromatic heterocycles. The first-order valence-electron chi connectivity index (χ1n) is 10.0. The fourth-order valence-corrected chi connectivity index (χ4v) is 4.34. The van der Waals surface area contributed by atoms with Gasteiger partial charge < -0.3 is 10.2 Å². The summed E-state index contributed by atoms with van der Waals surface area (Å²) in [7, 11) is 0. The lowest BCUT2D eigenvalue weighted by Crippen LogP contribution is -2.46. The van der Waals surface area contributed by atoms with Crippen molar-refractivity contribution in [1.29, 1.82) is 0 Å². The van der Waals surface area contributed by atoms with Gasteiger partial charge in [-0.3, -0.25) is 9.59 Å². The number of rotatable bonds is 3. The number of nitrogens with zero attached hydrogens (tertiary/aromatic N) is 1. The van der Waals surface area contributed by atoms with Crippen LogP contribution in [-0.2, 0) is 11.2 Å². The van der Waals surface area contributed by atoms with Crippen LogP contribution in [0.15, 0.2) is 48.5 Å². The van der Waals surface area contributed by atoms with Crippen molar-refractivity contribution < 1.29 is 14.0 Å². The van der Waals surface area contributed by atoms with Crippen LogP contribution >= 0.6 is 0 Å². The topological polar surface area (TPSA) is 49.4 Å². The van der Waals surface area contributed by atoms with Crippen LogP contribution in [0.4, 0.5) is 4.39 Å². The first kappa shape index (κ1) is 18.7. The van der Waals surface area contributed by atoms with E-state index in [1.54, 1.807) is 4.90 Å². The molecule has 2 aromatic carbocycles. The van der Waals surface area contributed by atoms with Gasteiger partial charge in [-0.15, -0.1) is 0 Å². The summed E-state index contributed by atoms with van der Waals surface area (Å²) >= 11 is 0. The van der Waals surface area contributed by atoms with Gasteiger partial charge in [0.05, 0.1) is 12.0 Å². The van der Waals surface area contributed by atoms with Crippen molar-refractivity contribution >= 4 is 11.8 Å². The number of amides is 2. The van der Waals surface area contributed by atoms with Crippen LogP contribution in [0.5, 0.6) is 0 Å². The third kappa shape index (κ3) is 3.93. The number of fused-ring (bicyclic) bond motifs is 1. The Hall–Kier alpha value is -2.69. The summed E-state index contributed by atoms with van der Waals surface area (Å²) < 4.78 is 13.1. The predicted molar refractivity (Wildman–Crippen MR) is 105 cm³/mol. The lowest BCUT2D eigenvalue weighted by atomic mass is 9.87. The largest absolute Gasteiger partial charge is 0.349 e. The lowest BCUT2D eigenvalue weighted by molar-refractivity contribution is -0.127. The fourth-order valence-electron chi connectivity index (χ4n) is 4.34. The van der Waals surface area contributed by atoms with Crippen molar-refractivity contribution in [3.05, 3.63) is 71.0 Å². The molecule has 28 heavy (non-hydrogen) atoms. The summed E-state index contributed by atoms with van der Waals surface area (Å²) in [6, 6.07) is 13.9. The summed E-state index contributed by atoms with van der Waals surface area (Å²) in [6.45, 7) is 1.04. The highest BCUT2D eigenvalue weighted by atomic mass is 19.1. The molecule has 4 rings (SSSR count). The Morgan fingerprint density at radius 3 is 2.61 bits per heavy atom. The van der Waals surface area contributed by atoms with Crippen molar-refractivity contribution in [3.63, 3.8) is 0 Å². The average Bonchev–Trinajstić information content (AvgIpc) is 2.74. The predicted octanol–water partition coefficient (Wildman–Crippen LogP) is 3.87. The van der Waals surface area contributed by atoms with E-state index in [2.05, 4.69) is 17.4 Å². The summed E-state index contributed by atoms with van der Waals surface area (Å²) in [5.41, 5.74) is 3.00. The molecule has 1 N–H and O–H groups in total. The van der Waals surface area contributed by atoms with Crippen molar-refractivity contribution in [3.8, 4) is 0 Å². The van der Waals surface area contributed by atoms with E-state index in [1.807, 2.05) is 12.1 Å². The third-order valence-electron chi connectivity index (χ3n) is 5.86. The van der Waals surface area contributed by atoms with E-state index < -0.39 is 0 Å². The standard InChI is InChI=1S/C23H25FN2O2/c24-19-12-10-17(11-13-19)23(28)26-14-4-7-18(15-26)22(27)25-21-9-3-6-16-5-1-2-8-20(16)21/h1-2,5,8,10-13,18,21H,3-4,6-7,9,14-15H2,(H,25,27). The molecular weight excluding hydrogens is 355 g/mol. The molecular formula is C23H25FN2O2. The van der Waals surface area contributed by atoms with Crippen LogP contribution in [0.3, 0.4) is 0 Å². The molecule has 2 unspecified atom stereocenters. The molecule has 4 nitrogen and oxygen atoms in total. The molecule has 2 aliphatic rings. The Morgan fingerprint density at radius 2 is 1.79 bits per heavy atom. The number of nitrogens with one attached hydrogen (secondary N) is 1. The van der Waals surface area contributed by atoms with Crippen LogP contribution in [0.2, 0.25) is 0 Å². The van der Waals surface area contributed by atoms with Gasteiger partial charge in [0.1, 0.15) is 5.82 Å². The second-order valence-corrected chi connectivity index (χ2v) is 7.75. The summed E-state index contributed by atoms with van der Waals surface area (Å²) in [6.07, 6.45) is 4.67. The van der Waals surface area contributed by atoms with Gasteiger partial charge >= 0.3 is 0 Å². The van der Waals surface area contributed by atoms with Crippen LogP contribution in [-0.4, -0.2) is 29.8 Å². The number of hydrogen-bond acceptors (Lipinski definition) is 2. The van der Waals surface area contributed by atoms with Crippen molar-refractivity contribution in [2.24, 2.45) is 5.92 Å². The Labute approximate surface area is 164 Å². The number of carbonyl (C=O) groups excluding carboxylic acids is 2. The number of carbonyl (C=O) groups is 2. The van der Waals surface area contributed by atoms with Crippen molar-refractivity contribution in [1.82, 2.24) is 10.2 Å². The van der Waals surface area contributed by atoms with E-state index in [4.69, 9.17) is 0 Å². The Balaban J connectivity index is 1.41. The van der Waals surface area contributed by atoms with Crippen LogP contribution in [0.1, 0.15) is 53.2 Å². The highest BCUT2D eigenvalue weighted by Crippen LogP contribution is 2.30. The Bertz CT molecular complexity index is 865. The lowest BCUT2D eigenvalue weighted by Gasteiger charge is -2.34. The SMILES string of the molecule is O=C(NC1CCCc2ccccc21)C1CCCN(C(=O)c2ccc(F)cc2)C1. The molecule has 1 fully saturated rings. The van der Waals surface area contributed by atoms with Crippen LogP contribution in [0, 0.1) is 11.7 Å². The first-order chi connectivity index (χ1) is 13.6. The third-order valence-corrected chi connectivity index (χ3v) is 5.86. The quantitative estimate of drug-likeness (QED) is 0.879. The van der Waals surface area contributed by atoms with Crippen molar-refractivity contribution in [2.45, 2.75) is 38.1 Å². The molecule has 1 aliphatic carbocycles. The van der Waals surface area contributed by atoms with E-state index in [9.17, 15) is 14.0 Å². The van der Waals surface area contributed by atoms with E-state index in [0.717, 1.165) is 32.1 Å². The van der Waals surface area contributed by atoms with Crippen LogP contribution < -0.4 is 5.32 Å². The highest BCUT2D eigenvalue weighted by molar-refractivity contribution is 5.94. The minimum Gasteiger partial charge on any atom is -0.349 e. The second-order valence-electron chi connectivity index (χ2n) is 7.75. The smallest absolute Gasteiger partial charge is 0.253 e. The molecule has 2 atom stereocenters.